The van der Waals surface area contributed by atoms with E-state index in [9.17, 15) is 5.11 Å². The van der Waals surface area contributed by atoms with Crippen LogP contribution in [0, 0.1) is 5.92 Å². The maximum atomic E-state index is 9.79. The van der Waals surface area contributed by atoms with Gasteiger partial charge in [-0.25, -0.2) is 0 Å². The molecule has 1 aromatic rings. The van der Waals surface area contributed by atoms with Crippen LogP contribution < -0.4 is 20.1 Å². The first-order chi connectivity index (χ1) is 10.1. The number of halogens is 1. The highest BCUT2D eigenvalue weighted by Gasteiger charge is 2.24. The summed E-state index contributed by atoms with van der Waals surface area (Å²) in [6.45, 7) is 7.04. The van der Waals surface area contributed by atoms with Gasteiger partial charge in [-0.05, 0) is 19.9 Å². The highest BCUT2D eigenvalue weighted by Crippen LogP contribution is 2.31. The lowest BCUT2D eigenvalue weighted by Gasteiger charge is -2.19. The van der Waals surface area contributed by atoms with Crippen molar-refractivity contribution in [1.82, 2.24) is 10.6 Å². The average molecular weight is 331 g/mol. The molecule has 0 bridgehead atoms. The summed E-state index contributed by atoms with van der Waals surface area (Å²) in [6, 6.07) is 5.91. The molecule has 0 aliphatic carbocycles. The van der Waals surface area contributed by atoms with Crippen LogP contribution in [0.5, 0.6) is 11.5 Å². The van der Waals surface area contributed by atoms with E-state index >= 15 is 0 Å². The van der Waals surface area contributed by atoms with Crippen LogP contribution in [-0.2, 0) is 6.54 Å². The van der Waals surface area contributed by atoms with Gasteiger partial charge in [-0.1, -0.05) is 12.1 Å². The molecule has 6 heteroatoms. The molecule has 1 heterocycles. The van der Waals surface area contributed by atoms with E-state index in [0.29, 0.717) is 13.1 Å². The molecule has 126 valence electrons. The Morgan fingerprint density at radius 3 is 2.73 bits per heavy atom. The van der Waals surface area contributed by atoms with Crippen molar-refractivity contribution < 1.29 is 14.6 Å². The van der Waals surface area contributed by atoms with Gasteiger partial charge in [-0.2, -0.15) is 0 Å². The summed E-state index contributed by atoms with van der Waals surface area (Å²) in [4.78, 5) is 0. The minimum absolute atomic E-state index is 0. The van der Waals surface area contributed by atoms with Crippen LogP contribution in [0.25, 0.3) is 0 Å². The van der Waals surface area contributed by atoms with Gasteiger partial charge in [0.2, 0.25) is 0 Å². The fourth-order valence-corrected chi connectivity index (χ4v) is 2.55. The van der Waals surface area contributed by atoms with E-state index in [0.717, 1.165) is 30.2 Å². The molecule has 0 amide bonds. The largest absolute Gasteiger partial charge is 0.493 e. The van der Waals surface area contributed by atoms with Crippen molar-refractivity contribution in [2.24, 2.45) is 5.92 Å². The summed E-state index contributed by atoms with van der Waals surface area (Å²) in [6.07, 6.45) is -0.157. The molecule has 0 spiro atoms. The third-order valence-electron chi connectivity index (χ3n) is 3.66. The van der Waals surface area contributed by atoms with Gasteiger partial charge >= 0.3 is 0 Å². The minimum Gasteiger partial charge on any atom is -0.493 e. The van der Waals surface area contributed by atoms with E-state index in [1.165, 1.54) is 0 Å². The van der Waals surface area contributed by atoms with Gasteiger partial charge in [-0.3, -0.25) is 0 Å². The number of para-hydroxylation sites is 1. The molecule has 0 radical (unpaired) electrons. The first kappa shape index (κ1) is 19.0. The van der Waals surface area contributed by atoms with Crippen molar-refractivity contribution in [2.45, 2.75) is 32.6 Å². The second-order valence-electron chi connectivity index (χ2n) is 5.73. The number of β-amino-alcohol motifs (C(OH)–C–C–N with tert-alkyl or cyclic N) is 1. The SMILES string of the molecule is COc1cccc(CNCC2CNCC2O)c1OC(C)C.Cl. The molecule has 3 N–H and O–H groups in total. The molecule has 5 nitrogen and oxygen atoms in total. The second kappa shape index (κ2) is 9.20. The Hall–Kier alpha value is -1.01. The van der Waals surface area contributed by atoms with Gasteiger partial charge in [0.1, 0.15) is 0 Å². The summed E-state index contributed by atoms with van der Waals surface area (Å²) >= 11 is 0. The van der Waals surface area contributed by atoms with Gasteiger partial charge in [0.05, 0.1) is 19.3 Å². The predicted octanol–water partition coefficient (Wildman–Crippen LogP) is 1.57. The zero-order valence-corrected chi connectivity index (χ0v) is 14.3. The molecular formula is C16H27ClN2O3. The fourth-order valence-electron chi connectivity index (χ4n) is 2.55. The molecule has 1 saturated heterocycles. The maximum Gasteiger partial charge on any atom is 0.166 e. The molecule has 1 fully saturated rings. The Morgan fingerprint density at radius 1 is 1.36 bits per heavy atom. The van der Waals surface area contributed by atoms with Crippen LogP contribution in [0.2, 0.25) is 0 Å². The van der Waals surface area contributed by atoms with Gasteiger partial charge in [0.25, 0.3) is 0 Å². The van der Waals surface area contributed by atoms with Gasteiger partial charge < -0.3 is 25.2 Å². The van der Waals surface area contributed by atoms with Crippen LogP contribution >= 0.6 is 12.4 Å². The lowest BCUT2D eigenvalue weighted by molar-refractivity contribution is 0.146. The van der Waals surface area contributed by atoms with Gasteiger partial charge in [0, 0.05) is 37.7 Å². The molecule has 1 aromatic carbocycles. The number of benzene rings is 1. The van der Waals surface area contributed by atoms with Gasteiger partial charge in [0.15, 0.2) is 11.5 Å². The monoisotopic (exact) mass is 330 g/mol. The van der Waals surface area contributed by atoms with Gasteiger partial charge in [-0.15, -0.1) is 12.4 Å². The molecule has 0 saturated carbocycles. The first-order valence-corrected chi connectivity index (χ1v) is 7.53. The predicted molar refractivity (Wildman–Crippen MR) is 90.1 cm³/mol. The quantitative estimate of drug-likeness (QED) is 0.708. The van der Waals surface area contributed by atoms with E-state index in [1.807, 2.05) is 32.0 Å². The van der Waals surface area contributed by atoms with Crippen LogP contribution in [0.4, 0.5) is 0 Å². The second-order valence-corrected chi connectivity index (χ2v) is 5.73. The lowest BCUT2D eigenvalue weighted by atomic mass is 10.1. The summed E-state index contributed by atoms with van der Waals surface area (Å²) in [5.74, 6) is 1.82. The number of hydrogen-bond acceptors (Lipinski definition) is 5. The smallest absolute Gasteiger partial charge is 0.166 e. The third kappa shape index (κ3) is 5.02. The Bertz CT molecular complexity index is 457. The van der Waals surface area contributed by atoms with E-state index < -0.39 is 0 Å². The summed E-state index contributed by atoms with van der Waals surface area (Å²) in [7, 11) is 1.65. The Labute approximate surface area is 138 Å². The van der Waals surface area contributed by atoms with E-state index in [1.54, 1.807) is 7.11 Å². The number of hydrogen-bond donors (Lipinski definition) is 3. The zero-order chi connectivity index (χ0) is 15.2. The molecule has 0 aromatic heterocycles. The highest BCUT2D eigenvalue weighted by molar-refractivity contribution is 5.85. The zero-order valence-electron chi connectivity index (χ0n) is 13.5. The molecule has 2 atom stereocenters. The molecule has 1 aliphatic rings. The number of methoxy groups -OCH3 is 1. The summed E-state index contributed by atoms with van der Waals surface area (Å²) in [5.41, 5.74) is 1.07. The molecule has 2 unspecified atom stereocenters. The maximum absolute atomic E-state index is 9.79. The van der Waals surface area contributed by atoms with Crippen LogP contribution in [0.3, 0.4) is 0 Å². The van der Waals surface area contributed by atoms with Crippen molar-refractivity contribution in [3.8, 4) is 11.5 Å². The topological polar surface area (TPSA) is 62.8 Å². The summed E-state index contributed by atoms with van der Waals surface area (Å²) < 4.78 is 11.3. The number of aliphatic hydroxyl groups is 1. The molecule has 2 rings (SSSR count). The standard InChI is InChI=1S/C16H26N2O3.ClH/c1-11(2)21-16-12(5-4-6-15(16)20-3)7-17-8-13-9-18-10-14(13)19;/h4-6,11,13-14,17-19H,7-10H2,1-3H3;1H. The number of rotatable bonds is 7. The Kier molecular flexibility index (Phi) is 7.96. The van der Waals surface area contributed by atoms with Crippen LogP contribution in [0.1, 0.15) is 19.4 Å². The lowest BCUT2D eigenvalue weighted by Crippen LogP contribution is -2.30. The van der Waals surface area contributed by atoms with E-state index in [2.05, 4.69) is 10.6 Å². The minimum atomic E-state index is -0.255. The molecular weight excluding hydrogens is 304 g/mol. The summed E-state index contributed by atoms with van der Waals surface area (Å²) in [5, 5.41) is 16.4. The number of aliphatic hydroxyl groups excluding tert-OH is 1. The first-order valence-electron chi connectivity index (χ1n) is 7.53. The normalized spacial score (nSPS) is 20.8. The van der Waals surface area contributed by atoms with Crippen LogP contribution in [0.15, 0.2) is 18.2 Å². The number of nitrogens with one attached hydrogen (secondary N) is 2. The van der Waals surface area contributed by atoms with Crippen molar-refractivity contribution in [3.63, 3.8) is 0 Å². The van der Waals surface area contributed by atoms with Crippen molar-refractivity contribution in [1.29, 1.82) is 0 Å². The number of ether oxygens (including phenoxy) is 2. The van der Waals surface area contributed by atoms with E-state index in [4.69, 9.17) is 9.47 Å². The van der Waals surface area contributed by atoms with Crippen molar-refractivity contribution in [3.05, 3.63) is 23.8 Å². The Morgan fingerprint density at radius 2 is 2.14 bits per heavy atom. The third-order valence-corrected chi connectivity index (χ3v) is 3.66. The van der Waals surface area contributed by atoms with E-state index in [-0.39, 0.29) is 30.5 Å². The van der Waals surface area contributed by atoms with Crippen molar-refractivity contribution in [2.75, 3.05) is 26.7 Å². The average Bonchev–Trinajstić information content (AvgIpc) is 2.85. The van der Waals surface area contributed by atoms with Crippen molar-refractivity contribution >= 4 is 12.4 Å². The molecule has 1 aliphatic heterocycles. The highest BCUT2D eigenvalue weighted by atomic mass is 35.5. The Balaban J connectivity index is 0.00000242. The fraction of sp³-hybridized carbons (Fsp3) is 0.625. The van der Waals surface area contributed by atoms with Crippen LogP contribution in [-0.4, -0.2) is 44.1 Å². The molecule has 22 heavy (non-hydrogen) atoms.